The van der Waals surface area contributed by atoms with E-state index in [0.29, 0.717) is 13.0 Å². The molecule has 0 aromatic rings. The van der Waals surface area contributed by atoms with Crippen molar-refractivity contribution >= 4 is 5.97 Å². The van der Waals surface area contributed by atoms with Crippen LogP contribution in [0, 0.1) is 0 Å². The normalized spacial score (nSPS) is 12.3. The summed E-state index contributed by atoms with van der Waals surface area (Å²) in [6.07, 6.45) is -0.286. The Labute approximate surface area is 66.7 Å². The number of carbonyl (C=O) groups is 1. The molecule has 0 aromatic carbocycles. The summed E-state index contributed by atoms with van der Waals surface area (Å²) >= 11 is 0. The van der Waals surface area contributed by atoms with E-state index in [1.807, 2.05) is 0 Å². The molecule has 0 aromatic heterocycles. The van der Waals surface area contributed by atoms with Crippen LogP contribution in [0.2, 0.25) is 0 Å². The number of rotatable bonds is 4. The Morgan fingerprint density at radius 1 is 1.64 bits per heavy atom. The Bertz CT molecular complexity index is 151. The number of hydrogen-bond acceptors (Lipinski definition) is 3. The van der Waals surface area contributed by atoms with Crippen molar-refractivity contribution in [1.29, 1.82) is 0 Å². The molecule has 0 radical (unpaired) electrons. The van der Waals surface area contributed by atoms with E-state index < -0.39 is 12.1 Å². The van der Waals surface area contributed by atoms with Gasteiger partial charge in [0.1, 0.15) is 0 Å². The van der Waals surface area contributed by atoms with Gasteiger partial charge in [0.25, 0.3) is 0 Å². The lowest BCUT2D eigenvalue weighted by molar-refractivity contribution is -0.139. The Morgan fingerprint density at radius 2 is 2.18 bits per heavy atom. The van der Waals surface area contributed by atoms with Crippen LogP contribution in [0.25, 0.3) is 0 Å². The number of esters is 1. The molecule has 0 saturated heterocycles. The molecule has 1 N–H and O–H groups in total. The summed E-state index contributed by atoms with van der Waals surface area (Å²) in [5.74, 6) is -0.512. The third-order valence-electron chi connectivity index (χ3n) is 1.33. The van der Waals surface area contributed by atoms with Crippen molar-refractivity contribution in [2.75, 3.05) is 6.61 Å². The zero-order valence-corrected chi connectivity index (χ0v) is 6.96. The molecular formula is C8H14O3. The zero-order valence-electron chi connectivity index (χ0n) is 6.96. The molecular weight excluding hydrogens is 144 g/mol. The Morgan fingerprint density at radius 3 is 2.55 bits per heavy atom. The molecule has 0 aliphatic carbocycles. The van der Waals surface area contributed by atoms with Gasteiger partial charge in [-0.15, -0.1) is 0 Å². The second-order valence-electron chi connectivity index (χ2n) is 2.17. The van der Waals surface area contributed by atoms with E-state index in [9.17, 15) is 4.79 Å². The highest BCUT2D eigenvalue weighted by molar-refractivity contribution is 5.88. The molecule has 0 spiro atoms. The maximum atomic E-state index is 10.9. The van der Waals surface area contributed by atoms with Crippen molar-refractivity contribution in [1.82, 2.24) is 0 Å². The van der Waals surface area contributed by atoms with E-state index in [2.05, 4.69) is 11.3 Å². The number of aliphatic hydroxyl groups excluding tert-OH is 1. The van der Waals surface area contributed by atoms with Crippen molar-refractivity contribution in [3.63, 3.8) is 0 Å². The average Bonchev–Trinajstić information content (AvgIpc) is 2.02. The predicted molar refractivity (Wildman–Crippen MR) is 42.1 cm³/mol. The average molecular weight is 158 g/mol. The fourth-order valence-electron chi connectivity index (χ4n) is 0.606. The van der Waals surface area contributed by atoms with Gasteiger partial charge in [-0.25, -0.2) is 4.79 Å². The van der Waals surface area contributed by atoms with Crippen LogP contribution in [0.1, 0.15) is 20.3 Å². The van der Waals surface area contributed by atoms with Gasteiger partial charge in [-0.3, -0.25) is 0 Å². The molecule has 0 fully saturated rings. The molecule has 0 unspecified atom stereocenters. The standard InChI is InChI=1S/C8H14O3/c1-4-7(9)6(3)8(10)11-5-2/h7,9H,3-5H2,1-2H3/t7-/m0/s1. The van der Waals surface area contributed by atoms with Gasteiger partial charge >= 0.3 is 5.97 Å². The molecule has 0 aliphatic heterocycles. The van der Waals surface area contributed by atoms with Crippen molar-refractivity contribution in [2.45, 2.75) is 26.4 Å². The van der Waals surface area contributed by atoms with Crippen LogP contribution in [-0.2, 0) is 9.53 Å². The minimum Gasteiger partial charge on any atom is -0.463 e. The molecule has 0 rings (SSSR count). The predicted octanol–water partition coefficient (Wildman–Crippen LogP) is 0.877. The SMILES string of the molecule is C=C(C(=O)OCC)[C@@H](O)CC. The smallest absolute Gasteiger partial charge is 0.336 e. The van der Waals surface area contributed by atoms with Crippen LogP contribution in [-0.4, -0.2) is 23.8 Å². The highest BCUT2D eigenvalue weighted by Crippen LogP contribution is 2.05. The lowest BCUT2D eigenvalue weighted by Gasteiger charge is -2.09. The first kappa shape index (κ1) is 10.2. The van der Waals surface area contributed by atoms with E-state index in [4.69, 9.17) is 5.11 Å². The second kappa shape index (κ2) is 4.91. The van der Waals surface area contributed by atoms with Crippen LogP contribution < -0.4 is 0 Å². The summed E-state index contributed by atoms with van der Waals surface area (Å²) in [5.41, 5.74) is 0.134. The molecule has 0 saturated carbocycles. The van der Waals surface area contributed by atoms with E-state index in [-0.39, 0.29) is 5.57 Å². The lowest BCUT2D eigenvalue weighted by Crippen LogP contribution is -2.18. The summed E-state index contributed by atoms with van der Waals surface area (Å²) in [6.45, 7) is 7.22. The molecule has 3 heteroatoms. The highest BCUT2D eigenvalue weighted by Gasteiger charge is 2.14. The van der Waals surface area contributed by atoms with E-state index >= 15 is 0 Å². The van der Waals surface area contributed by atoms with Gasteiger partial charge in [-0.1, -0.05) is 13.5 Å². The summed E-state index contributed by atoms with van der Waals surface area (Å²) in [5, 5.41) is 9.12. The minimum atomic E-state index is -0.769. The van der Waals surface area contributed by atoms with Crippen molar-refractivity contribution in [3.8, 4) is 0 Å². The van der Waals surface area contributed by atoms with Gasteiger partial charge in [0, 0.05) is 0 Å². The monoisotopic (exact) mass is 158 g/mol. The van der Waals surface area contributed by atoms with Crippen LogP contribution in [0.15, 0.2) is 12.2 Å². The van der Waals surface area contributed by atoms with Crippen LogP contribution >= 0.6 is 0 Å². The second-order valence-corrected chi connectivity index (χ2v) is 2.17. The Kier molecular flexibility index (Phi) is 4.54. The molecule has 3 nitrogen and oxygen atoms in total. The number of hydrogen-bond donors (Lipinski definition) is 1. The molecule has 0 amide bonds. The first-order valence-corrected chi connectivity index (χ1v) is 3.67. The van der Waals surface area contributed by atoms with Crippen LogP contribution in [0.4, 0.5) is 0 Å². The Balaban J connectivity index is 3.92. The number of ether oxygens (including phenoxy) is 1. The number of aliphatic hydroxyl groups is 1. The molecule has 0 bridgehead atoms. The van der Waals surface area contributed by atoms with Gasteiger partial charge in [-0.2, -0.15) is 0 Å². The highest BCUT2D eigenvalue weighted by atomic mass is 16.5. The fraction of sp³-hybridized carbons (Fsp3) is 0.625. The van der Waals surface area contributed by atoms with Gasteiger partial charge in [-0.05, 0) is 13.3 Å². The summed E-state index contributed by atoms with van der Waals surface area (Å²) in [6, 6.07) is 0. The topological polar surface area (TPSA) is 46.5 Å². The van der Waals surface area contributed by atoms with Gasteiger partial charge in [0.05, 0.1) is 18.3 Å². The molecule has 64 valence electrons. The number of carbonyl (C=O) groups excluding carboxylic acids is 1. The van der Waals surface area contributed by atoms with Crippen molar-refractivity contribution < 1.29 is 14.6 Å². The van der Waals surface area contributed by atoms with Crippen LogP contribution in [0.5, 0.6) is 0 Å². The van der Waals surface area contributed by atoms with Gasteiger partial charge in [0.15, 0.2) is 0 Å². The van der Waals surface area contributed by atoms with E-state index in [0.717, 1.165) is 0 Å². The summed E-state index contributed by atoms with van der Waals surface area (Å²) in [7, 11) is 0. The van der Waals surface area contributed by atoms with E-state index in [1.165, 1.54) is 0 Å². The first-order valence-electron chi connectivity index (χ1n) is 3.67. The summed E-state index contributed by atoms with van der Waals surface area (Å²) in [4.78, 5) is 10.9. The summed E-state index contributed by atoms with van der Waals surface area (Å²) < 4.78 is 4.63. The Hall–Kier alpha value is -0.830. The lowest BCUT2D eigenvalue weighted by atomic mass is 10.1. The van der Waals surface area contributed by atoms with Crippen molar-refractivity contribution in [3.05, 3.63) is 12.2 Å². The third kappa shape index (κ3) is 3.18. The third-order valence-corrected chi connectivity index (χ3v) is 1.33. The molecule has 0 aliphatic rings. The first-order chi connectivity index (χ1) is 5.13. The molecule has 11 heavy (non-hydrogen) atoms. The molecule has 1 atom stereocenters. The maximum Gasteiger partial charge on any atom is 0.336 e. The molecule has 0 heterocycles. The quantitative estimate of drug-likeness (QED) is 0.488. The van der Waals surface area contributed by atoms with Gasteiger partial charge < -0.3 is 9.84 Å². The minimum absolute atomic E-state index is 0.134. The zero-order chi connectivity index (χ0) is 8.85. The van der Waals surface area contributed by atoms with E-state index in [1.54, 1.807) is 13.8 Å². The maximum absolute atomic E-state index is 10.9. The fourth-order valence-corrected chi connectivity index (χ4v) is 0.606. The van der Waals surface area contributed by atoms with Crippen LogP contribution in [0.3, 0.4) is 0 Å². The van der Waals surface area contributed by atoms with Gasteiger partial charge in [0.2, 0.25) is 0 Å². The largest absolute Gasteiger partial charge is 0.463 e. The van der Waals surface area contributed by atoms with Crippen molar-refractivity contribution in [2.24, 2.45) is 0 Å².